The fourth-order valence-electron chi connectivity index (χ4n) is 3.79. The molecule has 0 unspecified atom stereocenters. The molecule has 166 valence electrons. The van der Waals surface area contributed by atoms with Gasteiger partial charge in [-0.2, -0.15) is 0 Å². The van der Waals surface area contributed by atoms with Crippen molar-refractivity contribution in [3.63, 3.8) is 0 Å². The van der Waals surface area contributed by atoms with Crippen LogP contribution in [0.25, 0.3) is 5.57 Å². The monoisotopic (exact) mass is 463 g/mol. The second-order valence-electron chi connectivity index (χ2n) is 7.74. The Morgan fingerprint density at radius 2 is 2.03 bits per heavy atom. The first-order valence-corrected chi connectivity index (χ1v) is 12.4. The van der Waals surface area contributed by atoms with Gasteiger partial charge in [-0.05, 0) is 48.9 Å². The van der Waals surface area contributed by atoms with Gasteiger partial charge < -0.3 is 10.1 Å². The summed E-state index contributed by atoms with van der Waals surface area (Å²) in [6, 6.07) is 8.28. The molecule has 31 heavy (non-hydrogen) atoms. The number of aromatic amines is 1. The quantitative estimate of drug-likeness (QED) is 0.623. The molecule has 1 aromatic heterocycles. The van der Waals surface area contributed by atoms with Crippen molar-refractivity contribution in [2.75, 3.05) is 12.4 Å². The van der Waals surface area contributed by atoms with Gasteiger partial charge in [0.1, 0.15) is 5.78 Å². The van der Waals surface area contributed by atoms with Crippen molar-refractivity contribution in [3.8, 4) is 0 Å². The van der Waals surface area contributed by atoms with Crippen LogP contribution in [-0.4, -0.2) is 36.7 Å². The molecule has 1 saturated carbocycles. The fraction of sp³-hybridized carbons (Fsp3) is 0.391. The normalized spacial score (nSPS) is 17.3. The van der Waals surface area contributed by atoms with E-state index in [2.05, 4.69) is 4.98 Å². The van der Waals surface area contributed by atoms with Gasteiger partial charge in [0.2, 0.25) is 0 Å². The molecule has 1 aliphatic rings. The highest BCUT2D eigenvalue weighted by Crippen LogP contribution is 2.33. The molecule has 0 amide bonds. The minimum Gasteiger partial charge on any atom is -0.396 e. The largest absolute Gasteiger partial charge is 0.396 e. The summed E-state index contributed by atoms with van der Waals surface area (Å²) in [4.78, 5) is 27.1. The minimum absolute atomic E-state index is 0.0107. The Bertz CT molecular complexity index is 1170. The maximum Gasteiger partial charge on any atom is 0.251 e. The van der Waals surface area contributed by atoms with E-state index in [0.29, 0.717) is 41.7 Å². The second-order valence-corrected chi connectivity index (χ2v) is 10.2. The lowest BCUT2D eigenvalue weighted by Gasteiger charge is -2.14. The molecule has 0 radical (unpaired) electrons. The number of aliphatic hydroxyl groups is 1. The third-order valence-corrected chi connectivity index (χ3v) is 7.77. The Hall–Kier alpha value is -2.22. The Labute approximate surface area is 186 Å². The van der Waals surface area contributed by atoms with E-state index in [9.17, 15) is 18.0 Å². The molecule has 2 aromatic rings. The molecular weight excluding hydrogens is 438 g/mol. The average molecular weight is 464 g/mol. The van der Waals surface area contributed by atoms with Crippen molar-refractivity contribution in [2.45, 2.75) is 43.9 Å². The van der Waals surface area contributed by atoms with Gasteiger partial charge in [-0.15, -0.1) is 0 Å². The standard InChI is InChI=1S/C23H26ClNO5S/c1-2-16-5-8-21(25-23(16)28)19(13-15-4-7-18(27)12-15)17-6-9-22(20(24)14-17)31(29,30)11-3-10-26/h5-6,8-9,13-15,26H,2-4,7,10-12H2,1H3,(H,25,28)/b19-13+/t15-/m0/s1. The molecule has 0 aliphatic heterocycles. The van der Waals surface area contributed by atoms with Crippen LogP contribution in [-0.2, 0) is 21.1 Å². The van der Waals surface area contributed by atoms with Crippen molar-refractivity contribution in [1.29, 1.82) is 0 Å². The first-order valence-electron chi connectivity index (χ1n) is 10.3. The van der Waals surface area contributed by atoms with Gasteiger partial charge in [0, 0.05) is 36.3 Å². The van der Waals surface area contributed by atoms with E-state index < -0.39 is 9.84 Å². The summed E-state index contributed by atoms with van der Waals surface area (Å²) >= 11 is 6.35. The highest BCUT2D eigenvalue weighted by molar-refractivity contribution is 7.91. The second kappa shape index (κ2) is 9.94. The number of aromatic nitrogens is 1. The van der Waals surface area contributed by atoms with Crippen LogP contribution in [0.2, 0.25) is 5.02 Å². The number of carbonyl (C=O) groups is 1. The Morgan fingerprint density at radius 1 is 1.26 bits per heavy atom. The zero-order valence-electron chi connectivity index (χ0n) is 17.4. The molecule has 1 fully saturated rings. The molecule has 1 heterocycles. The number of aryl methyl sites for hydroxylation is 1. The van der Waals surface area contributed by atoms with Crippen LogP contribution in [0.4, 0.5) is 0 Å². The van der Waals surface area contributed by atoms with Crippen LogP contribution in [0.3, 0.4) is 0 Å². The SMILES string of the molecule is CCc1ccc(/C(=C/[C@H]2CCC(=O)C2)c2ccc(S(=O)(=O)CCCO)c(Cl)c2)[nH]c1=O. The number of rotatable bonds is 8. The number of nitrogens with one attached hydrogen (secondary N) is 1. The Morgan fingerprint density at radius 3 is 2.61 bits per heavy atom. The molecule has 6 nitrogen and oxygen atoms in total. The maximum atomic E-state index is 12.5. The molecule has 1 atom stereocenters. The number of carbonyl (C=O) groups excluding carboxylic acids is 1. The lowest BCUT2D eigenvalue weighted by Crippen LogP contribution is -2.14. The Kier molecular flexibility index (Phi) is 7.51. The molecule has 1 aromatic carbocycles. The van der Waals surface area contributed by atoms with Crippen molar-refractivity contribution >= 4 is 32.8 Å². The molecular formula is C23H26ClNO5S. The summed E-state index contributed by atoms with van der Waals surface area (Å²) in [7, 11) is -3.62. The lowest BCUT2D eigenvalue weighted by atomic mass is 9.95. The van der Waals surface area contributed by atoms with E-state index in [-0.39, 0.29) is 46.0 Å². The maximum absolute atomic E-state index is 12.5. The van der Waals surface area contributed by atoms with Gasteiger partial charge >= 0.3 is 0 Å². The number of hydrogen-bond donors (Lipinski definition) is 2. The van der Waals surface area contributed by atoms with Gasteiger partial charge in [-0.25, -0.2) is 8.42 Å². The smallest absolute Gasteiger partial charge is 0.251 e. The number of Topliss-reactive ketones (excluding diaryl/α,β-unsaturated/α-hetero) is 1. The van der Waals surface area contributed by atoms with Crippen molar-refractivity contribution < 1.29 is 18.3 Å². The fourth-order valence-corrected chi connectivity index (χ4v) is 5.68. The lowest BCUT2D eigenvalue weighted by molar-refractivity contribution is -0.117. The van der Waals surface area contributed by atoms with Crippen molar-refractivity contribution in [2.24, 2.45) is 5.92 Å². The van der Waals surface area contributed by atoms with E-state index in [1.807, 2.05) is 19.1 Å². The van der Waals surface area contributed by atoms with Gasteiger partial charge in [0.15, 0.2) is 9.84 Å². The van der Waals surface area contributed by atoms with E-state index in [4.69, 9.17) is 16.7 Å². The zero-order valence-corrected chi connectivity index (χ0v) is 18.9. The molecule has 2 N–H and O–H groups in total. The molecule has 0 bridgehead atoms. The van der Waals surface area contributed by atoms with E-state index >= 15 is 0 Å². The Balaban J connectivity index is 2.07. The molecule has 1 aliphatic carbocycles. The number of halogens is 1. The third kappa shape index (κ3) is 5.53. The molecule has 3 rings (SSSR count). The summed E-state index contributed by atoms with van der Waals surface area (Å²) < 4.78 is 25.0. The first-order chi connectivity index (χ1) is 14.7. The minimum atomic E-state index is -3.62. The van der Waals surface area contributed by atoms with Crippen LogP contribution >= 0.6 is 11.6 Å². The van der Waals surface area contributed by atoms with Gasteiger partial charge in [0.05, 0.1) is 15.7 Å². The number of ketones is 1. The summed E-state index contributed by atoms with van der Waals surface area (Å²) in [6.45, 7) is 1.68. The number of pyridine rings is 1. The van der Waals surface area contributed by atoms with Gasteiger partial charge in [-0.1, -0.05) is 36.7 Å². The highest BCUT2D eigenvalue weighted by atomic mass is 35.5. The van der Waals surface area contributed by atoms with Crippen LogP contribution < -0.4 is 5.56 Å². The van der Waals surface area contributed by atoms with Crippen LogP contribution in [0.15, 0.2) is 46.1 Å². The first kappa shape index (κ1) is 23.4. The van der Waals surface area contributed by atoms with E-state index in [1.165, 1.54) is 6.07 Å². The number of H-pyrrole nitrogens is 1. The molecule has 0 spiro atoms. The molecule has 8 heteroatoms. The van der Waals surface area contributed by atoms with E-state index in [1.54, 1.807) is 18.2 Å². The van der Waals surface area contributed by atoms with Gasteiger partial charge in [-0.3, -0.25) is 9.59 Å². The summed E-state index contributed by atoms with van der Waals surface area (Å²) in [5.74, 6) is 0.0590. The predicted molar refractivity (Wildman–Crippen MR) is 121 cm³/mol. The average Bonchev–Trinajstić information content (AvgIpc) is 3.15. The van der Waals surface area contributed by atoms with Crippen LogP contribution in [0.1, 0.15) is 49.4 Å². The van der Waals surface area contributed by atoms with Crippen LogP contribution in [0.5, 0.6) is 0 Å². The number of aliphatic hydroxyl groups excluding tert-OH is 1. The number of hydrogen-bond acceptors (Lipinski definition) is 5. The van der Waals surface area contributed by atoms with E-state index in [0.717, 1.165) is 6.42 Å². The molecule has 0 saturated heterocycles. The number of allylic oxidation sites excluding steroid dienone is 1. The van der Waals surface area contributed by atoms with Gasteiger partial charge in [0.25, 0.3) is 5.56 Å². The number of sulfone groups is 1. The topological polar surface area (TPSA) is 104 Å². The van der Waals surface area contributed by atoms with Crippen molar-refractivity contribution in [3.05, 3.63) is 68.6 Å². The van der Waals surface area contributed by atoms with Crippen LogP contribution in [0, 0.1) is 5.92 Å². The number of benzene rings is 1. The third-order valence-electron chi connectivity index (χ3n) is 5.50. The summed E-state index contributed by atoms with van der Waals surface area (Å²) in [5.41, 5.74) is 2.45. The predicted octanol–water partition coefficient (Wildman–Crippen LogP) is 3.55. The highest BCUT2D eigenvalue weighted by Gasteiger charge is 2.23. The summed E-state index contributed by atoms with van der Waals surface area (Å²) in [6.07, 6.45) is 4.42. The van der Waals surface area contributed by atoms with Crippen molar-refractivity contribution in [1.82, 2.24) is 4.98 Å². The zero-order chi connectivity index (χ0) is 22.6. The summed E-state index contributed by atoms with van der Waals surface area (Å²) in [5, 5.41) is 9.02.